The molecule has 11 aliphatic rings. The molecule has 6 heterocycles. The van der Waals surface area contributed by atoms with Gasteiger partial charge in [0.2, 0.25) is 5.78 Å². The van der Waals surface area contributed by atoms with Gasteiger partial charge in [0.25, 0.3) is 5.60 Å². The Kier molecular flexibility index (Phi) is 13.9. The predicted octanol–water partition coefficient (Wildman–Crippen LogP) is 6.86. The number of nitrogens with one attached hydrogen (secondary N) is 5. The number of esters is 1. The van der Waals surface area contributed by atoms with Crippen LogP contribution in [0.4, 0.5) is 0 Å². The summed E-state index contributed by atoms with van der Waals surface area (Å²) in [5.41, 5.74) is 9.65. The molecule has 1 saturated heterocycles. The summed E-state index contributed by atoms with van der Waals surface area (Å²) >= 11 is 0. The van der Waals surface area contributed by atoms with Gasteiger partial charge in [-0.25, -0.2) is 4.79 Å². The number of carbonyl (C=O) groups excluding carboxylic acids is 3. The zero-order chi connectivity index (χ0) is 50.8. The number of hydrogen-bond donors (Lipinski definition) is 8. The Labute approximate surface area is 432 Å². The number of aliphatic hydroxyl groups is 2. The molecule has 13 nitrogen and oxygen atoms in total. The zero-order valence-electron chi connectivity index (χ0n) is 43.6. The first-order valence-electron chi connectivity index (χ1n) is 28.0. The fourth-order valence-corrected chi connectivity index (χ4v) is 16.1. The normalized spacial score (nSPS) is 38.5. The molecule has 12 rings (SSSR count). The van der Waals surface area contributed by atoms with Gasteiger partial charge in [-0.3, -0.25) is 9.59 Å². The lowest BCUT2D eigenvalue weighted by Crippen LogP contribution is -2.56. The minimum atomic E-state index is -2.26. The molecule has 1 spiro atoms. The van der Waals surface area contributed by atoms with Crippen LogP contribution in [0.3, 0.4) is 0 Å². The van der Waals surface area contributed by atoms with E-state index < -0.39 is 34.8 Å². The van der Waals surface area contributed by atoms with E-state index in [1.165, 1.54) is 16.7 Å². The second-order valence-electron chi connectivity index (χ2n) is 23.8. The quantitative estimate of drug-likeness (QED) is 0.0442. The molecule has 1 aromatic rings. The van der Waals surface area contributed by atoms with Crippen molar-refractivity contribution >= 4 is 17.5 Å². The lowest BCUT2D eigenvalue weighted by atomic mass is 9.53. The van der Waals surface area contributed by atoms with E-state index in [2.05, 4.69) is 70.8 Å². The van der Waals surface area contributed by atoms with Crippen LogP contribution in [0, 0.1) is 46.8 Å². The van der Waals surface area contributed by atoms with Crippen molar-refractivity contribution in [1.82, 2.24) is 26.6 Å². The summed E-state index contributed by atoms with van der Waals surface area (Å²) in [6.07, 6.45) is 26.5. The lowest BCUT2D eigenvalue weighted by molar-refractivity contribution is -0.160. The number of Topliss-reactive ketones (excluding diaryl/α,β-unsaturated/α-hetero) is 2. The lowest BCUT2D eigenvalue weighted by Gasteiger charge is -2.53. The number of allylic oxidation sites excluding steroid dienone is 8. The van der Waals surface area contributed by atoms with Gasteiger partial charge in [0.15, 0.2) is 11.4 Å². The number of hydrogen-bond acceptors (Lipinski definition) is 13. The molecular formula is C60H80N6O7. The van der Waals surface area contributed by atoms with Crippen LogP contribution in [-0.2, 0) is 20.7 Å². The Hall–Kier alpha value is -4.63. The minimum Gasteiger partial charge on any atom is -0.459 e. The van der Waals surface area contributed by atoms with Gasteiger partial charge in [0, 0.05) is 48.9 Å². The maximum atomic E-state index is 16.0. The van der Waals surface area contributed by atoms with Gasteiger partial charge in [-0.15, -0.1) is 0 Å². The van der Waals surface area contributed by atoms with E-state index >= 15 is 14.4 Å². The highest BCUT2D eigenvalue weighted by atomic mass is 16.7. The minimum absolute atomic E-state index is 0.0755. The molecule has 392 valence electrons. The van der Waals surface area contributed by atoms with E-state index in [0.29, 0.717) is 61.5 Å². The van der Waals surface area contributed by atoms with Crippen LogP contribution >= 0.6 is 0 Å². The average molecular weight is 997 g/mol. The van der Waals surface area contributed by atoms with Crippen molar-refractivity contribution in [2.75, 3.05) is 33.4 Å². The standard InChI is InChI=1S/C60H80N6O7/c1-5-63-46-27-38-10-6-13-42-36-12-8-23-58(3,29-35-16-21-48(61)65-32-35)30-40-11-7-14-45-51(40)55(70)60(57(71)72-47(15-9-25-67)53(46)44(20-19-36)50(38)42)59(73-60,54(45)69)31-41(33-68)34(2)26-37-17-18-39-28-49(62-4)66-56-52(39)43(37)22-24-64-56/h6-7,10-11,14,16,21-22,27,32,36-37,39,42,44,46-50,53,62-68H,5,8-9,12-13,15,17-20,23-26,28-31,33,61H2,1-4H3. The number of aliphatic hydroxyl groups excluding tert-OH is 2. The highest BCUT2D eigenvalue weighted by molar-refractivity contribution is 6.33. The largest absolute Gasteiger partial charge is 0.459 e. The van der Waals surface area contributed by atoms with Gasteiger partial charge in [-0.2, -0.15) is 0 Å². The number of nitrogens with two attached hydrogens (primary N) is 1. The fourth-order valence-electron chi connectivity index (χ4n) is 16.1. The van der Waals surface area contributed by atoms with Crippen molar-refractivity contribution in [2.45, 2.75) is 153 Å². The van der Waals surface area contributed by atoms with E-state index in [1.807, 2.05) is 38.4 Å². The maximum Gasteiger partial charge on any atom is 0.350 e. The van der Waals surface area contributed by atoms with Crippen molar-refractivity contribution in [2.24, 2.45) is 52.6 Å². The summed E-state index contributed by atoms with van der Waals surface area (Å²) < 4.78 is 13.7. The predicted molar refractivity (Wildman–Crippen MR) is 281 cm³/mol. The molecule has 2 saturated carbocycles. The smallest absolute Gasteiger partial charge is 0.350 e. The molecular weight excluding hydrogens is 917 g/mol. The number of rotatable bonds is 13. The average Bonchev–Trinajstić information content (AvgIpc) is 4.10. The first-order chi connectivity index (χ1) is 35.3. The SMILES string of the molecule is CCNC1C=C2C=CCC3C4CCCC(C)(CC5=CNC(N)C=C5)Cc5cccc6c5C(=O)C5(OC5(CC(CO)=C(C)CC5CCC7CC(NC)NC8=C7C5=CCN8)C6=O)C(=O)OC(CCCO)C1C(CC4)C23. The third kappa shape index (κ3) is 8.75. The zero-order valence-corrected chi connectivity index (χ0v) is 43.6. The van der Waals surface area contributed by atoms with Crippen LogP contribution in [0.1, 0.15) is 137 Å². The first-order valence-corrected chi connectivity index (χ1v) is 28.0. The second-order valence-corrected chi connectivity index (χ2v) is 23.8. The van der Waals surface area contributed by atoms with Crippen LogP contribution in [0.25, 0.3) is 0 Å². The first kappa shape index (κ1) is 50.5. The topological polar surface area (TPSA) is 200 Å². The van der Waals surface area contributed by atoms with Crippen molar-refractivity contribution in [1.29, 1.82) is 0 Å². The van der Waals surface area contributed by atoms with Crippen molar-refractivity contribution in [3.63, 3.8) is 0 Å². The maximum absolute atomic E-state index is 16.0. The summed E-state index contributed by atoms with van der Waals surface area (Å²) in [5, 5.41) is 39.5. The highest BCUT2D eigenvalue weighted by Gasteiger charge is 2.86. The van der Waals surface area contributed by atoms with Crippen LogP contribution in [0.5, 0.6) is 0 Å². The molecule has 6 bridgehead atoms. The summed E-state index contributed by atoms with van der Waals surface area (Å²) in [5.74, 6) is 1.30. The van der Waals surface area contributed by atoms with Gasteiger partial charge in [-0.05, 0) is 178 Å². The highest BCUT2D eigenvalue weighted by Crippen LogP contribution is 2.62. The van der Waals surface area contributed by atoms with Gasteiger partial charge in [0.1, 0.15) is 11.9 Å². The second kappa shape index (κ2) is 20.1. The number of ether oxygens (including phenoxy) is 2. The molecule has 6 aliphatic heterocycles. The van der Waals surface area contributed by atoms with Crippen LogP contribution in [0.2, 0.25) is 0 Å². The molecule has 1 aromatic carbocycles. The number of dihydropyridines is 2. The van der Waals surface area contributed by atoms with Gasteiger partial charge in [-0.1, -0.05) is 80.8 Å². The Morgan fingerprint density at radius 3 is 2.68 bits per heavy atom. The molecule has 5 aliphatic carbocycles. The molecule has 0 aromatic heterocycles. The van der Waals surface area contributed by atoms with Crippen molar-refractivity contribution in [3.05, 3.63) is 117 Å². The molecule has 0 radical (unpaired) electrons. The third-order valence-electron chi connectivity index (χ3n) is 19.5. The number of fused-ring (bicyclic) bond motifs is 7. The van der Waals surface area contributed by atoms with Crippen LogP contribution in [0.15, 0.2) is 100 Å². The summed E-state index contributed by atoms with van der Waals surface area (Å²) in [7, 11) is 1.99. The number of carbonyl (C=O) groups is 3. The molecule has 3 fully saturated rings. The van der Waals surface area contributed by atoms with Crippen molar-refractivity contribution < 1.29 is 34.1 Å². The van der Waals surface area contributed by atoms with Gasteiger partial charge < -0.3 is 52.0 Å². The van der Waals surface area contributed by atoms with Gasteiger partial charge in [0.05, 0.1) is 18.9 Å². The monoisotopic (exact) mass is 997 g/mol. The molecule has 14 atom stereocenters. The van der Waals surface area contributed by atoms with Gasteiger partial charge >= 0.3 is 5.97 Å². The fraction of sp³-hybridized carbons (Fsp3) is 0.617. The number of benzene rings is 1. The van der Waals surface area contributed by atoms with E-state index in [9.17, 15) is 10.2 Å². The molecule has 13 heteroatoms. The number of ketones is 2. The van der Waals surface area contributed by atoms with E-state index in [4.69, 9.17) is 15.2 Å². The summed E-state index contributed by atoms with van der Waals surface area (Å²) in [6, 6.07) is 5.44. The molecule has 9 N–H and O–H groups in total. The summed E-state index contributed by atoms with van der Waals surface area (Å²) in [6.45, 7) is 7.44. The number of epoxide rings is 1. The number of likely N-dealkylation sites (N-methyl/N-ethyl adjacent to an activating group) is 1. The van der Waals surface area contributed by atoms with E-state index in [-0.39, 0.29) is 72.3 Å². The van der Waals surface area contributed by atoms with E-state index in [0.717, 1.165) is 93.3 Å². The Morgan fingerprint density at radius 1 is 1.04 bits per heavy atom. The molecule has 0 amide bonds. The van der Waals surface area contributed by atoms with Crippen LogP contribution in [-0.4, -0.2) is 96.8 Å². The summed E-state index contributed by atoms with van der Waals surface area (Å²) in [4.78, 5) is 47.6. The Balaban J connectivity index is 1.01. The van der Waals surface area contributed by atoms with Crippen molar-refractivity contribution in [3.8, 4) is 0 Å². The molecule has 14 unspecified atom stereocenters. The van der Waals surface area contributed by atoms with E-state index in [1.54, 1.807) is 6.07 Å². The van der Waals surface area contributed by atoms with Crippen LogP contribution < -0.4 is 32.3 Å². The molecule has 73 heavy (non-hydrogen) atoms. The Bertz CT molecular complexity index is 2610. The Morgan fingerprint density at radius 2 is 1.90 bits per heavy atom. The third-order valence-corrected chi connectivity index (χ3v) is 19.5.